The van der Waals surface area contributed by atoms with E-state index in [9.17, 15) is 24.0 Å². The molecule has 0 bridgehead atoms. The number of imide groups is 1. The number of ether oxygens (including phenoxy) is 1. The van der Waals surface area contributed by atoms with E-state index in [1.807, 2.05) is 6.92 Å². The van der Waals surface area contributed by atoms with Crippen molar-refractivity contribution in [2.45, 2.75) is 45.1 Å². The summed E-state index contributed by atoms with van der Waals surface area (Å²) in [6.45, 7) is 2.73. The summed E-state index contributed by atoms with van der Waals surface area (Å²) >= 11 is 0. The number of hydrogen-bond acceptors (Lipinski definition) is 6. The van der Waals surface area contributed by atoms with Gasteiger partial charge in [0.2, 0.25) is 5.91 Å². The van der Waals surface area contributed by atoms with E-state index < -0.39 is 42.5 Å². The summed E-state index contributed by atoms with van der Waals surface area (Å²) in [4.78, 5) is 60.5. The first-order valence-electron chi connectivity index (χ1n) is 9.13. The van der Waals surface area contributed by atoms with Gasteiger partial charge in [0.25, 0.3) is 11.8 Å². The number of esters is 1. The molecule has 1 aliphatic carbocycles. The van der Waals surface area contributed by atoms with E-state index in [0.717, 1.165) is 24.2 Å². The number of nitrogens with zero attached hydrogens (tertiary/aromatic N) is 1. The van der Waals surface area contributed by atoms with Crippen LogP contribution in [0.1, 0.15) is 39.5 Å². The second-order valence-corrected chi connectivity index (χ2v) is 6.83. The van der Waals surface area contributed by atoms with Crippen molar-refractivity contribution >= 4 is 29.7 Å². The number of urea groups is 1. The van der Waals surface area contributed by atoms with Gasteiger partial charge in [-0.1, -0.05) is 19.8 Å². The van der Waals surface area contributed by atoms with Crippen molar-refractivity contribution < 1.29 is 28.7 Å². The lowest BCUT2D eigenvalue weighted by Gasteiger charge is -2.36. The number of carbonyl (C=O) groups is 5. The van der Waals surface area contributed by atoms with Crippen LogP contribution in [0.25, 0.3) is 0 Å². The zero-order chi connectivity index (χ0) is 20.0. The first-order valence-corrected chi connectivity index (χ1v) is 9.13. The lowest BCUT2D eigenvalue weighted by molar-refractivity contribution is -0.151. The monoisotopic (exact) mass is 382 g/mol. The quantitative estimate of drug-likeness (QED) is 0.393. The Labute approximate surface area is 157 Å². The molecule has 150 valence electrons. The maximum absolute atomic E-state index is 12.7. The van der Waals surface area contributed by atoms with Gasteiger partial charge in [0.15, 0.2) is 6.61 Å². The SMILES string of the molecule is CCNC(=O)CNC(=O)COC(=O)CN1C(=O)N[C@@]2(CCCC[C@@H]2C)C1=O. The summed E-state index contributed by atoms with van der Waals surface area (Å²) < 4.78 is 4.80. The van der Waals surface area contributed by atoms with E-state index in [4.69, 9.17) is 4.74 Å². The minimum absolute atomic E-state index is 0.0104. The largest absolute Gasteiger partial charge is 0.454 e. The number of nitrogens with one attached hydrogen (secondary N) is 3. The van der Waals surface area contributed by atoms with Crippen LogP contribution in [0.3, 0.4) is 0 Å². The van der Waals surface area contributed by atoms with Crippen molar-refractivity contribution in [1.82, 2.24) is 20.9 Å². The van der Waals surface area contributed by atoms with Crippen molar-refractivity contribution in [1.29, 1.82) is 0 Å². The molecule has 0 aromatic rings. The molecule has 27 heavy (non-hydrogen) atoms. The summed E-state index contributed by atoms with van der Waals surface area (Å²) in [5, 5.41) is 7.54. The van der Waals surface area contributed by atoms with E-state index >= 15 is 0 Å². The predicted octanol–water partition coefficient (Wildman–Crippen LogP) is -0.717. The van der Waals surface area contributed by atoms with Crippen LogP contribution in [0.4, 0.5) is 4.79 Å². The molecule has 10 nitrogen and oxygen atoms in total. The second kappa shape index (κ2) is 8.83. The number of carbonyl (C=O) groups excluding carboxylic acids is 5. The summed E-state index contributed by atoms with van der Waals surface area (Å²) in [7, 11) is 0. The fourth-order valence-corrected chi connectivity index (χ4v) is 3.45. The molecule has 1 heterocycles. The third-order valence-corrected chi connectivity index (χ3v) is 4.97. The number of rotatable bonds is 7. The first-order chi connectivity index (χ1) is 12.8. The molecular weight excluding hydrogens is 356 g/mol. The third-order valence-electron chi connectivity index (χ3n) is 4.97. The van der Waals surface area contributed by atoms with Gasteiger partial charge in [-0.25, -0.2) is 4.79 Å². The molecule has 2 fully saturated rings. The molecule has 2 aliphatic rings. The van der Waals surface area contributed by atoms with Crippen molar-refractivity contribution in [2.75, 3.05) is 26.2 Å². The van der Waals surface area contributed by atoms with Gasteiger partial charge in [0.05, 0.1) is 6.54 Å². The molecule has 1 aliphatic heterocycles. The Morgan fingerprint density at radius 3 is 2.63 bits per heavy atom. The van der Waals surface area contributed by atoms with Gasteiger partial charge in [-0.3, -0.25) is 24.1 Å². The molecule has 0 radical (unpaired) electrons. The average molecular weight is 382 g/mol. The first kappa shape index (κ1) is 20.7. The molecule has 2 atom stereocenters. The van der Waals surface area contributed by atoms with Crippen LogP contribution in [0.15, 0.2) is 0 Å². The Morgan fingerprint density at radius 2 is 1.96 bits per heavy atom. The molecule has 0 aromatic carbocycles. The fraction of sp³-hybridized carbons (Fsp3) is 0.706. The Morgan fingerprint density at radius 1 is 1.22 bits per heavy atom. The standard InChI is InChI=1S/C17H26N4O6/c1-3-18-12(22)8-19-13(23)10-27-14(24)9-21-15(25)17(20-16(21)26)7-5-4-6-11(17)2/h11H,3-10H2,1-2H3,(H,18,22)(H,19,23)(H,20,26)/t11-,17+/m0/s1. The zero-order valence-corrected chi connectivity index (χ0v) is 15.6. The minimum atomic E-state index is -0.945. The molecule has 10 heteroatoms. The maximum Gasteiger partial charge on any atom is 0.326 e. The molecule has 1 saturated carbocycles. The van der Waals surface area contributed by atoms with Crippen LogP contribution in [0, 0.1) is 5.92 Å². The Bertz CT molecular complexity index is 637. The normalized spacial score (nSPS) is 24.5. The molecule has 0 unspecified atom stereocenters. The number of amides is 5. The summed E-state index contributed by atoms with van der Waals surface area (Å²) in [6.07, 6.45) is 3.21. The molecule has 5 amide bonds. The highest BCUT2D eigenvalue weighted by atomic mass is 16.5. The highest BCUT2D eigenvalue weighted by Crippen LogP contribution is 2.38. The summed E-state index contributed by atoms with van der Waals surface area (Å²) in [6, 6.07) is -0.619. The summed E-state index contributed by atoms with van der Waals surface area (Å²) in [5.74, 6) is -2.30. The van der Waals surface area contributed by atoms with Crippen molar-refractivity contribution in [3.63, 3.8) is 0 Å². The van der Waals surface area contributed by atoms with E-state index in [0.29, 0.717) is 13.0 Å². The van der Waals surface area contributed by atoms with Gasteiger partial charge < -0.3 is 20.7 Å². The van der Waals surface area contributed by atoms with Crippen molar-refractivity contribution in [3.8, 4) is 0 Å². The van der Waals surface area contributed by atoms with Gasteiger partial charge in [0.1, 0.15) is 12.1 Å². The lowest BCUT2D eigenvalue weighted by atomic mass is 9.73. The van der Waals surface area contributed by atoms with Crippen LogP contribution in [0.2, 0.25) is 0 Å². The second-order valence-electron chi connectivity index (χ2n) is 6.83. The molecule has 1 spiro atoms. The highest BCUT2D eigenvalue weighted by molar-refractivity contribution is 6.09. The highest BCUT2D eigenvalue weighted by Gasteiger charge is 2.55. The van der Waals surface area contributed by atoms with Gasteiger partial charge in [-0.05, 0) is 25.7 Å². The molecule has 1 saturated heterocycles. The maximum atomic E-state index is 12.7. The van der Waals surface area contributed by atoms with Gasteiger partial charge in [0, 0.05) is 6.54 Å². The Hall–Kier alpha value is -2.65. The molecule has 2 rings (SSSR count). The van der Waals surface area contributed by atoms with Gasteiger partial charge in [-0.15, -0.1) is 0 Å². The molecule has 0 aromatic heterocycles. The zero-order valence-electron chi connectivity index (χ0n) is 15.6. The fourth-order valence-electron chi connectivity index (χ4n) is 3.45. The molecule has 3 N–H and O–H groups in total. The van der Waals surface area contributed by atoms with Gasteiger partial charge in [-0.2, -0.15) is 0 Å². The van der Waals surface area contributed by atoms with E-state index in [-0.39, 0.29) is 18.4 Å². The number of hydrogen-bond donors (Lipinski definition) is 3. The molecular formula is C17H26N4O6. The van der Waals surface area contributed by atoms with Crippen molar-refractivity contribution in [3.05, 3.63) is 0 Å². The number of likely N-dealkylation sites (N-methyl/N-ethyl adjacent to an activating group) is 1. The van der Waals surface area contributed by atoms with E-state index in [1.54, 1.807) is 6.92 Å². The van der Waals surface area contributed by atoms with E-state index in [2.05, 4.69) is 16.0 Å². The summed E-state index contributed by atoms with van der Waals surface area (Å²) in [5.41, 5.74) is -0.945. The van der Waals surface area contributed by atoms with Crippen molar-refractivity contribution in [2.24, 2.45) is 5.92 Å². The van der Waals surface area contributed by atoms with Crippen LogP contribution in [-0.2, 0) is 23.9 Å². The average Bonchev–Trinajstić information content (AvgIpc) is 2.86. The predicted molar refractivity (Wildman–Crippen MR) is 93.3 cm³/mol. The van der Waals surface area contributed by atoms with Crippen LogP contribution in [-0.4, -0.2) is 66.4 Å². The smallest absolute Gasteiger partial charge is 0.326 e. The lowest BCUT2D eigenvalue weighted by Crippen LogP contribution is -2.54. The Balaban J connectivity index is 1.81. The van der Waals surface area contributed by atoms with Gasteiger partial charge >= 0.3 is 12.0 Å². The Kier molecular flexibility index (Phi) is 6.75. The van der Waals surface area contributed by atoms with Crippen LogP contribution in [0.5, 0.6) is 0 Å². The topological polar surface area (TPSA) is 134 Å². The van der Waals surface area contributed by atoms with Crippen LogP contribution < -0.4 is 16.0 Å². The van der Waals surface area contributed by atoms with E-state index in [1.165, 1.54) is 0 Å². The van der Waals surface area contributed by atoms with Crippen LogP contribution >= 0.6 is 0 Å². The minimum Gasteiger partial charge on any atom is -0.454 e. The third kappa shape index (κ3) is 4.75.